The van der Waals surface area contributed by atoms with Crippen molar-refractivity contribution in [1.82, 2.24) is 0 Å². The van der Waals surface area contributed by atoms with Crippen molar-refractivity contribution in [3.05, 3.63) is 0 Å². The van der Waals surface area contributed by atoms with E-state index in [0.717, 1.165) is 27.7 Å². The van der Waals surface area contributed by atoms with Gasteiger partial charge in [0, 0.05) is 0 Å². The van der Waals surface area contributed by atoms with E-state index in [1.54, 1.807) is 0 Å². The average Bonchev–Trinajstić information content (AvgIpc) is 2.35. The van der Waals surface area contributed by atoms with Gasteiger partial charge in [0.15, 0.2) is 0 Å². The third-order valence-corrected chi connectivity index (χ3v) is 5.01. The van der Waals surface area contributed by atoms with Crippen molar-refractivity contribution in [3.63, 3.8) is 0 Å². The van der Waals surface area contributed by atoms with Gasteiger partial charge in [0.1, 0.15) is 62.2 Å². The van der Waals surface area contributed by atoms with E-state index < -0.39 is 62.2 Å². The van der Waals surface area contributed by atoms with Crippen LogP contribution in [-0.2, 0) is 40.5 Å². The Kier molecular flexibility index (Phi) is 22.1. The fraction of sp³-hybridized carbons (Fsp3) is 1.00. The summed E-state index contributed by atoms with van der Waals surface area (Å²) in [6.07, 6.45) is 0. The van der Waals surface area contributed by atoms with Crippen LogP contribution in [0.2, 0.25) is 0 Å². The van der Waals surface area contributed by atoms with Gasteiger partial charge in [-0.25, -0.2) is 33.7 Å². The average molecular weight is 708 g/mol. The minimum absolute atomic E-state index is 0. The number of rotatable bonds is 4. The topological polar surface area (TPSA) is 310 Å². The van der Waals surface area contributed by atoms with Crippen LogP contribution in [0.3, 0.4) is 0 Å². The van der Waals surface area contributed by atoms with Crippen LogP contribution in [0.25, 0.3) is 0 Å². The maximum Gasteiger partial charge on any atom is 4.00 e. The molecule has 176 valence electrons. The van der Waals surface area contributed by atoms with Crippen LogP contribution in [0.4, 0.5) is 0 Å². The zero-order valence-electron chi connectivity index (χ0n) is 15.1. The van der Waals surface area contributed by atoms with Gasteiger partial charge in [0.2, 0.25) is 0 Å². The first-order chi connectivity index (χ1) is 11.8. The first kappa shape index (κ1) is 39.8. The van der Waals surface area contributed by atoms with Gasteiger partial charge < -0.3 is 38.6 Å². The Morgan fingerprint density at radius 2 is 0.483 bits per heavy atom. The maximum absolute atomic E-state index is 9.53. The van der Waals surface area contributed by atoms with E-state index in [1.807, 2.05) is 0 Å². The first-order valence-electron chi connectivity index (χ1n) is 6.29. The van der Waals surface area contributed by atoms with E-state index in [0.29, 0.717) is 0 Å². The summed E-state index contributed by atoms with van der Waals surface area (Å²) in [5, 5.41) is 32.0. The molecule has 0 aliphatic heterocycles. The van der Waals surface area contributed by atoms with E-state index in [1.165, 1.54) is 0 Å². The minimum atomic E-state index is -4.44. The molecular formula is C8H20O16PbS4. The second-order valence-corrected chi connectivity index (χ2v) is 11.0. The molecule has 0 heterocycles. The van der Waals surface area contributed by atoms with Crippen molar-refractivity contribution in [2.45, 2.75) is 49.4 Å². The number of aliphatic hydroxyl groups is 4. The molecule has 4 atom stereocenters. The van der Waals surface area contributed by atoms with Crippen molar-refractivity contribution in [1.29, 1.82) is 0 Å². The van der Waals surface area contributed by atoms with E-state index in [9.17, 15) is 51.9 Å². The molecule has 0 saturated heterocycles. The van der Waals surface area contributed by atoms with Gasteiger partial charge in [-0.2, -0.15) is 0 Å². The predicted molar refractivity (Wildman–Crippen MR) is 91.3 cm³/mol. The van der Waals surface area contributed by atoms with Crippen LogP contribution < -0.4 is 0 Å². The van der Waals surface area contributed by atoms with Crippen LogP contribution >= 0.6 is 0 Å². The van der Waals surface area contributed by atoms with Gasteiger partial charge >= 0.3 is 27.3 Å². The molecule has 0 bridgehead atoms. The normalized spacial score (nSPS) is 15.9. The third kappa shape index (κ3) is 33.2. The Labute approximate surface area is 188 Å². The van der Waals surface area contributed by atoms with Crippen LogP contribution in [-0.4, -0.2) is 121 Å². The molecule has 16 nitrogen and oxygen atoms in total. The minimum Gasteiger partial charge on any atom is -0.746 e. The molecule has 21 heteroatoms. The Balaban J connectivity index is -0.0000000873. The molecule has 0 aromatic heterocycles. The smallest absolute Gasteiger partial charge is 0.746 e. The summed E-state index contributed by atoms with van der Waals surface area (Å²) >= 11 is 0. The van der Waals surface area contributed by atoms with Crippen LogP contribution in [0.5, 0.6) is 0 Å². The molecule has 0 amide bonds. The first-order valence-corrected chi connectivity index (χ1v) is 12.2. The molecule has 0 aromatic rings. The molecule has 0 saturated carbocycles. The predicted octanol–water partition coefficient (Wildman–Crippen LogP) is -4.90. The van der Waals surface area contributed by atoms with Crippen molar-refractivity contribution in [2.75, 3.05) is 0 Å². The van der Waals surface area contributed by atoms with E-state index in [2.05, 4.69) is 0 Å². The molecule has 0 rings (SSSR count). The van der Waals surface area contributed by atoms with E-state index >= 15 is 0 Å². The monoisotopic (exact) mass is 708 g/mol. The second-order valence-electron chi connectivity index (χ2n) is 4.37. The Morgan fingerprint density at radius 3 is 0.483 bits per heavy atom. The van der Waals surface area contributed by atoms with Gasteiger partial charge in [-0.1, -0.05) is 0 Å². The molecule has 4 unspecified atom stereocenters. The van der Waals surface area contributed by atoms with Crippen molar-refractivity contribution >= 4 is 67.8 Å². The maximum atomic E-state index is 9.53. The zero-order valence-corrected chi connectivity index (χ0v) is 22.3. The summed E-state index contributed by atoms with van der Waals surface area (Å²) in [5.74, 6) is 0. The number of hydrogen-bond acceptors (Lipinski definition) is 16. The molecule has 0 aliphatic rings. The van der Waals surface area contributed by atoms with Crippen LogP contribution in [0.15, 0.2) is 0 Å². The summed E-state index contributed by atoms with van der Waals surface area (Å²) in [6.45, 7) is 3.62. The molecule has 0 aliphatic carbocycles. The van der Waals surface area contributed by atoms with Gasteiger partial charge in [0.25, 0.3) is 0 Å². The van der Waals surface area contributed by atoms with Crippen molar-refractivity contribution in [2.24, 2.45) is 0 Å². The fourth-order valence-corrected chi connectivity index (χ4v) is 0. The molecule has 29 heavy (non-hydrogen) atoms. The fourth-order valence-electron chi connectivity index (χ4n) is 0. The standard InChI is InChI=1S/4C2H6O4S.Pb/c4*1-2(3)7(4,5)6;/h4*2-3H,1H3,(H,4,5,6);/q;;;;+4/p-4. The molecule has 0 aromatic carbocycles. The zero-order chi connectivity index (χ0) is 24.3. The molecule has 0 fully saturated rings. The quantitative estimate of drug-likeness (QED) is 0.157. The Bertz CT molecular complexity index is 677. The largest absolute Gasteiger partial charge is 4.00 e. The van der Waals surface area contributed by atoms with Crippen molar-refractivity contribution < 1.29 is 72.3 Å². The summed E-state index contributed by atoms with van der Waals surface area (Å²) in [4.78, 5) is 0. The molecule has 4 N–H and O–H groups in total. The van der Waals surface area contributed by atoms with Gasteiger partial charge in [-0.15, -0.1) is 0 Å². The molecular weight excluding hydrogens is 688 g/mol. The number of aliphatic hydroxyl groups excluding tert-OH is 4. The third-order valence-electron chi connectivity index (χ3n) is 1.67. The Morgan fingerprint density at radius 1 is 0.448 bits per heavy atom. The summed E-state index contributed by atoms with van der Waals surface area (Å²) in [5.41, 5.74) is -7.14. The summed E-state index contributed by atoms with van der Waals surface area (Å²) in [7, 11) is -17.7. The van der Waals surface area contributed by atoms with E-state index in [4.69, 9.17) is 20.4 Å². The van der Waals surface area contributed by atoms with Gasteiger partial charge in [0.05, 0.1) is 0 Å². The summed E-state index contributed by atoms with van der Waals surface area (Å²) < 4.78 is 114. The Hall–Kier alpha value is 0.402. The SMILES string of the molecule is CC(O)S(=O)(=O)[O-].CC(O)S(=O)(=O)[O-].CC(O)S(=O)(=O)[O-].CC(O)S(=O)(=O)[O-].[Pb+4]. The van der Waals surface area contributed by atoms with E-state index in [-0.39, 0.29) is 27.3 Å². The molecule has 0 spiro atoms. The molecule has 0 radical (unpaired) electrons. The summed E-state index contributed by atoms with van der Waals surface area (Å²) in [6, 6.07) is 0. The van der Waals surface area contributed by atoms with Gasteiger partial charge in [-0.3, -0.25) is 0 Å². The second kappa shape index (κ2) is 16.1. The van der Waals surface area contributed by atoms with Crippen molar-refractivity contribution in [3.8, 4) is 0 Å². The van der Waals surface area contributed by atoms with Crippen LogP contribution in [0, 0.1) is 0 Å². The van der Waals surface area contributed by atoms with Gasteiger partial charge in [-0.05, 0) is 27.7 Å². The number of hydrogen-bond donors (Lipinski definition) is 4. The van der Waals surface area contributed by atoms with Crippen LogP contribution in [0.1, 0.15) is 27.7 Å².